The summed E-state index contributed by atoms with van der Waals surface area (Å²) in [5.74, 6) is 0. The molecular weight excluding hydrogens is 765 g/mol. The van der Waals surface area contributed by atoms with Gasteiger partial charge in [-0.1, -0.05) is 152 Å². The van der Waals surface area contributed by atoms with Gasteiger partial charge < -0.3 is 13.9 Å². The lowest BCUT2D eigenvalue weighted by molar-refractivity contribution is 0.669. The van der Waals surface area contributed by atoms with Crippen LogP contribution in [0, 0.1) is 0 Å². The number of benzene rings is 10. The van der Waals surface area contributed by atoms with Crippen LogP contribution in [0.1, 0.15) is 0 Å². The molecule has 0 fully saturated rings. The molecule has 0 amide bonds. The highest BCUT2D eigenvalue weighted by Gasteiger charge is 2.18. The third-order valence-corrected chi connectivity index (χ3v) is 12.4. The van der Waals surface area contributed by atoms with Crippen LogP contribution in [0.15, 0.2) is 247 Å². The molecule has 0 N–H and O–H groups in total. The van der Waals surface area contributed by atoms with Crippen molar-refractivity contribution in [3.63, 3.8) is 0 Å². The van der Waals surface area contributed by atoms with E-state index in [1.165, 1.54) is 55.2 Å². The molecule has 0 saturated carbocycles. The van der Waals surface area contributed by atoms with Gasteiger partial charge in [0.15, 0.2) is 0 Å². The minimum atomic E-state index is 0.861. The fraction of sp³-hybridized carbons (Fsp3) is 0. The van der Waals surface area contributed by atoms with E-state index in [-0.39, 0.29) is 0 Å². The van der Waals surface area contributed by atoms with Crippen molar-refractivity contribution in [2.24, 2.45) is 0 Å². The molecule has 12 aromatic rings. The molecule has 2 heterocycles. The maximum Gasteiger partial charge on any atom is 0.137 e. The Morgan fingerprint density at radius 3 is 1.35 bits per heavy atom. The second-order valence-electron chi connectivity index (χ2n) is 16.2. The Labute approximate surface area is 366 Å². The van der Waals surface area contributed by atoms with Crippen molar-refractivity contribution < 1.29 is 4.42 Å². The highest BCUT2D eigenvalue weighted by Crippen LogP contribution is 2.41. The van der Waals surface area contributed by atoms with Crippen LogP contribution in [0.25, 0.3) is 93.9 Å². The second kappa shape index (κ2) is 15.3. The third kappa shape index (κ3) is 6.55. The van der Waals surface area contributed by atoms with E-state index in [2.05, 4.69) is 240 Å². The fourth-order valence-corrected chi connectivity index (χ4v) is 9.30. The van der Waals surface area contributed by atoms with Crippen molar-refractivity contribution in [1.82, 2.24) is 4.57 Å². The summed E-state index contributed by atoms with van der Waals surface area (Å²) in [5, 5.41) is 4.72. The number of aromatic nitrogens is 1. The van der Waals surface area contributed by atoms with Gasteiger partial charge in [0.05, 0.1) is 11.0 Å². The molecule has 10 aromatic carbocycles. The highest BCUT2D eigenvalue weighted by atomic mass is 16.3. The number of hydrogen-bond acceptors (Lipinski definition) is 2. The number of rotatable bonds is 8. The molecule has 0 unspecified atom stereocenters. The molecule has 0 atom stereocenters. The number of nitrogens with zero attached hydrogens (tertiary/aromatic N) is 2. The zero-order valence-electron chi connectivity index (χ0n) is 34.4. The smallest absolute Gasteiger partial charge is 0.137 e. The summed E-state index contributed by atoms with van der Waals surface area (Å²) in [5.41, 5.74) is 17.8. The van der Waals surface area contributed by atoms with Gasteiger partial charge in [0.1, 0.15) is 11.2 Å². The van der Waals surface area contributed by atoms with E-state index in [9.17, 15) is 0 Å². The highest BCUT2D eigenvalue weighted by molar-refractivity contribution is 6.10. The van der Waals surface area contributed by atoms with E-state index in [1.54, 1.807) is 0 Å². The molecule has 3 nitrogen and oxygen atoms in total. The predicted molar refractivity (Wildman–Crippen MR) is 264 cm³/mol. The van der Waals surface area contributed by atoms with Gasteiger partial charge in [-0.3, -0.25) is 0 Å². The number of furan rings is 1. The van der Waals surface area contributed by atoms with Gasteiger partial charge >= 0.3 is 0 Å². The van der Waals surface area contributed by atoms with Gasteiger partial charge in [-0.15, -0.1) is 0 Å². The zero-order chi connectivity index (χ0) is 41.7. The quantitative estimate of drug-likeness (QED) is 0.153. The monoisotopic (exact) mass is 804 g/mol. The summed E-state index contributed by atoms with van der Waals surface area (Å²) < 4.78 is 8.81. The van der Waals surface area contributed by atoms with Crippen molar-refractivity contribution in [3.05, 3.63) is 243 Å². The maximum absolute atomic E-state index is 6.43. The van der Waals surface area contributed by atoms with Crippen molar-refractivity contribution >= 4 is 60.8 Å². The summed E-state index contributed by atoms with van der Waals surface area (Å²) in [4.78, 5) is 2.33. The number of anilines is 3. The Hall–Kier alpha value is -8.40. The first kappa shape index (κ1) is 36.5. The molecule has 63 heavy (non-hydrogen) atoms. The van der Waals surface area contributed by atoms with Crippen LogP contribution in [0.3, 0.4) is 0 Å². The largest absolute Gasteiger partial charge is 0.456 e. The molecule has 12 rings (SSSR count). The van der Waals surface area contributed by atoms with Crippen LogP contribution in [-0.4, -0.2) is 4.57 Å². The molecule has 0 aliphatic heterocycles. The predicted octanol–water partition coefficient (Wildman–Crippen LogP) is 16.8. The minimum absolute atomic E-state index is 0.861. The third-order valence-electron chi connectivity index (χ3n) is 12.4. The van der Waals surface area contributed by atoms with Crippen molar-refractivity contribution in [3.8, 4) is 50.2 Å². The van der Waals surface area contributed by atoms with E-state index < -0.39 is 0 Å². The standard InChI is InChI=1S/C60H40N2O/c1-4-14-41(15-5-1)46-36-47(42-16-6-2-7-17-42)38-48(37-46)44-26-31-51(32-27-44)61(52-33-35-56-55-21-11-13-23-59(55)63-60(56)40-52)50-29-24-43(25-30-50)45-28-34-54-53-20-10-12-22-57(53)62(58(54)39-45)49-18-8-3-9-19-49/h1-40H. The lowest BCUT2D eigenvalue weighted by Crippen LogP contribution is -2.09. The Balaban J connectivity index is 0.957. The van der Waals surface area contributed by atoms with Crippen LogP contribution in [0.4, 0.5) is 17.1 Å². The van der Waals surface area contributed by atoms with Crippen molar-refractivity contribution in [2.45, 2.75) is 0 Å². The molecule has 3 heteroatoms. The molecule has 0 spiro atoms. The SMILES string of the molecule is c1ccc(-c2cc(-c3ccccc3)cc(-c3ccc(N(c4ccc(-c5ccc6c7ccccc7n(-c7ccccc7)c6c5)cc4)c4ccc5c(c4)oc4ccccc45)cc3)c2)cc1. The average molecular weight is 805 g/mol. The van der Waals surface area contributed by atoms with Crippen molar-refractivity contribution in [2.75, 3.05) is 4.90 Å². The first-order chi connectivity index (χ1) is 31.2. The van der Waals surface area contributed by atoms with Gasteiger partial charge in [-0.25, -0.2) is 0 Å². The first-order valence-electron chi connectivity index (χ1n) is 21.5. The maximum atomic E-state index is 6.43. The second-order valence-corrected chi connectivity index (χ2v) is 16.2. The minimum Gasteiger partial charge on any atom is -0.456 e. The summed E-state index contributed by atoms with van der Waals surface area (Å²) in [6.45, 7) is 0. The molecule has 0 aliphatic rings. The van der Waals surface area contributed by atoms with Gasteiger partial charge in [0.25, 0.3) is 0 Å². The normalized spacial score (nSPS) is 11.5. The lowest BCUT2D eigenvalue weighted by atomic mass is 9.93. The van der Waals surface area contributed by atoms with Crippen LogP contribution in [0.5, 0.6) is 0 Å². The van der Waals surface area contributed by atoms with Crippen LogP contribution in [-0.2, 0) is 0 Å². The molecule has 0 bridgehead atoms. The molecular formula is C60H40N2O. The van der Waals surface area contributed by atoms with E-state index >= 15 is 0 Å². The van der Waals surface area contributed by atoms with E-state index in [4.69, 9.17) is 4.42 Å². The Kier molecular flexibility index (Phi) is 8.83. The zero-order valence-corrected chi connectivity index (χ0v) is 34.4. The van der Waals surface area contributed by atoms with Crippen molar-refractivity contribution in [1.29, 1.82) is 0 Å². The number of para-hydroxylation sites is 3. The van der Waals surface area contributed by atoms with E-state index in [0.29, 0.717) is 0 Å². The Morgan fingerprint density at radius 2 is 0.714 bits per heavy atom. The van der Waals surface area contributed by atoms with E-state index in [1.807, 2.05) is 12.1 Å². The molecule has 2 aromatic heterocycles. The fourth-order valence-electron chi connectivity index (χ4n) is 9.30. The Morgan fingerprint density at radius 1 is 0.270 bits per heavy atom. The van der Waals surface area contributed by atoms with Crippen LogP contribution in [0.2, 0.25) is 0 Å². The number of fused-ring (bicyclic) bond motifs is 6. The molecule has 0 radical (unpaired) electrons. The summed E-state index contributed by atoms with van der Waals surface area (Å²) in [6.07, 6.45) is 0. The lowest BCUT2D eigenvalue weighted by Gasteiger charge is -2.26. The van der Waals surface area contributed by atoms with Gasteiger partial charge in [0, 0.05) is 50.4 Å². The van der Waals surface area contributed by atoms with Gasteiger partial charge in [-0.05, 0) is 129 Å². The number of hydrogen-bond donors (Lipinski definition) is 0. The molecule has 0 aliphatic carbocycles. The average Bonchev–Trinajstić information content (AvgIpc) is 3.90. The van der Waals surface area contributed by atoms with Gasteiger partial charge in [0.2, 0.25) is 0 Å². The summed E-state index contributed by atoms with van der Waals surface area (Å²) >= 11 is 0. The van der Waals surface area contributed by atoms with Gasteiger partial charge in [-0.2, -0.15) is 0 Å². The Bertz CT molecular complexity index is 3530. The van der Waals surface area contributed by atoms with Crippen LogP contribution < -0.4 is 4.90 Å². The van der Waals surface area contributed by atoms with Crippen LogP contribution >= 0.6 is 0 Å². The van der Waals surface area contributed by atoms with E-state index in [0.717, 1.165) is 55.8 Å². The first-order valence-corrected chi connectivity index (χ1v) is 21.5. The molecule has 296 valence electrons. The summed E-state index contributed by atoms with van der Waals surface area (Å²) in [7, 11) is 0. The topological polar surface area (TPSA) is 21.3 Å². The summed E-state index contributed by atoms with van der Waals surface area (Å²) in [6, 6.07) is 87.1. The molecule has 0 saturated heterocycles.